The van der Waals surface area contributed by atoms with Crippen molar-refractivity contribution in [3.05, 3.63) is 60.0 Å². The van der Waals surface area contributed by atoms with Gasteiger partial charge in [0.05, 0.1) is 29.9 Å². The monoisotopic (exact) mass is 259 g/mol. The van der Waals surface area contributed by atoms with Gasteiger partial charge in [0.1, 0.15) is 5.01 Å². The van der Waals surface area contributed by atoms with Crippen LogP contribution in [0.25, 0.3) is 15.8 Å². The Morgan fingerprint density at radius 1 is 1.33 bits per heavy atom. The van der Waals surface area contributed by atoms with Crippen molar-refractivity contribution in [3.8, 4) is 0 Å². The Labute approximate surface area is 109 Å². The molecule has 0 unspecified atom stereocenters. The van der Waals surface area contributed by atoms with E-state index in [0.29, 0.717) is 5.57 Å². The molecule has 4 heteroatoms. The second-order valence-corrected chi connectivity index (χ2v) is 4.53. The quantitative estimate of drug-likeness (QED) is 0.668. The SMILES string of the molecule is CO/C=C/C=C\C(=C\O)c1nc2ccccc2s1. The van der Waals surface area contributed by atoms with Crippen LogP contribution >= 0.6 is 11.3 Å². The number of methoxy groups -OCH3 is 1. The Kier molecular flexibility index (Phi) is 4.15. The molecule has 2 aromatic rings. The summed E-state index contributed by atoms with van der Waals surface area (Å²) in [7, 11) is 1.58. The summed E-state index contributed by atoms with van der Waals surface area (Å²) in [5.41, 5.74) is 1.62. The lowest BCUT2D eigenvalue weighted by atomic mass is 10.3. The van der Waals surface area contributed by atoms with Crippen LogP contribution in [0.15, 0.2) is 55.0 Å². The van der Waals surface area contributed by atoms with Gasteiger partial charge in [-0.05, 0) is 24.3 Å². The Morgan fingerprint density at radius 2 is 2.17 bits per heavy atom. The molecule has 0 saturated carbocycles. The summed E-state index contributed by atoms with van der Waals surface area (Å²) in [5.74, 6) is 0. The minimum atomic E-state index is 0.678. The van der Waals surface area contributed by atoms with Crippen molar-refractivity contribution in [2.24, 2.45) is 0 Å². The lowest BCUT2D eigenvalue weighted by Gasteiger charge is -1.92. The summed E-state index contributed by atoms with van der Waals surface area (Å²) in [6, 6.07) is 7.90. The first-order chi connectivity index (χ1) is 8.85. The zero-order valence-corrected chi connectivity index (χ0v) is 10.7. The molecular formula is C14H13NO2S. The number of rotatable bonds is 4. The first-order valence-corrected chi connectivity index (χ1v) is 6.23. The molecular weight excluding hydrogens is 246 g/mol. The molecule has 0 spiro atoms. The fraction of sp³-hybridized carbons (Fsp3) is 0.0714. The molecule has 92 valence electrons. The van der Waals surface area contributed by atoms with Gasteiger partial charge in [-0.2, -0.15) is 0 Å². The molecule has 1 N–H and O–H groups in total. The lowest BCUT2D eigenvalue weighted by Crippen LogP contribution is -1.78. The highest BCUT2D eigenvalue weighted by Gasteiger charge is 2.05. The summed E-state index contributed by atoms with van der Waals surface area (Å²) < 4.78 is 5.89. The number of hydrogen-bond donors (Lipinski definition) is 1. The molecule has 2 rings (SSSR count). The molecule has 0 aliphatic carbocycles. The van der Waals surface area contributed by atoms with Gasteiger partial charge in [0.25, 0.3) is 0 Å². The molecule has 1 heterocycles. The number of ether oxygens (including phenoxy) is 1. The zero-order valence-electron chi connectivity index (χ0n) is 9.91. The van der Waals surface area contributed by atoms with Gasteiger partial charge in [-0.15, -0.1) is 11.3 Å². The number of aliphatic hydroxyl groups excluding tert-OH is 1. The van der Waals surface area contributed by atoms with Gasteiger partial charge in [-0.1, -0.05) is 18.2 Å². The molecule has 3 nitrogen and oxygen atoms in total. The van der Waals surface area contributed by atoms with E-state index in [4.69, 9.17) is 4.74 Å². The minimum Gasteiger partial charge on any atom is -0.515 e. The molecule has 0 atom stereocenters. The molecule has 1 aromatic carbocycles. The van der Waals surface area contributed by atoms with Crippen LogP contribution in [0.4, 0.5) is 0 Å². The second-order valence-electron chi connectivity index (χ2n) is 3.49. The predicted octanol–water partition coefficient (Wildman–Crippen LogP) is 3.91. The number of nitrogens with zero attached hydrogens (tertiary/aromatic N) is 1. The van der Waals surface area contributed by atoms with Crippen LogP contribution in [-0.4, -0.2) is 17.2 Å². The number of fused-ring (bicyclic) bond motifs is 1. The molecule has 0 bridgehead atoms. The Balaban J connectivity index is 2.28. The molecule has 0 amide bonds. The summed E-state index contributed by atoms with van der Waals surface area (Å²) in [6.45, 7) is 0. The van der Waals surface area contributed by atoms with Crippen molar-refractivity contribution in [1.29, 1.82) is 0 Å². The minimum absolute atomic E-state index is 0.678. The van der Waals surface area contributed by atoms with Crippen molar-refractivity contribution in [3.63, 3.8) is 0 Å². The van der Waals surface area contributed by atoms with Crippen molar-refractivity contribution in [1.82, 2.24) is 4.98 Å². The normalized spacial score (nSPS) is 12.8. The predicted molar refractivity (Wildman–Crippen MR) is 75.5 cm³/mol. The van der Waals surface area contributed by atoms with Crippen LogP contribution in [0.1, 0.15) is 5.01 Å². The van der Waals surface area contributed by atoms with Crippen molar-refractivity contribution >= 4 is 27.1 Å². The number of thiazole rings is 1. The first-order valence-electron chi connectivity index (χ1n) is 5.41. The van der Waals surface area contributed by atoms with Crippen LogP contribution in [0.5, 0.6) is 0 Å². The first kappa shape index (κ1) is 12.4. The Bertz CT molecular complexity index is 578. The fourth-order valence-electron chi connectivity index (χ4n) is 1.45. The molecule has 1 aromatic heterocycles. The molecule has 0 fully saturated rings. The van der Waals surface area contributed by atoms with Gasteiger partial charge >= 0.3 is 0 Å². The number of allylic oxidation sites excluding steroid dienone is 4. The van der Waals surface area contributed by atoms with Gasteiger partial charge < -0.3 is 9.84 Å². The lowest BCUT2D eigenvalue weighted by molar-refractivity contribution is 0.338. The van der Waals surface area contributed by atoms with Crippen LogP contribution in [-0.2, 0) is 4.74 Å². The van der Waals surface area contributed by atoms with Gasteiger partial charge in [0, 0.05) is 5.57 Å². The van der Waals surface area contributed by atoms with Crippen molar-refractivity contribution in [2.75, 3.05) is 7.11 Å². The molecule has 0 radical (unpaired) electrons. The summed E-state index contributed by atoms with van der Waals surface area (Å²) >= 11 is 1.55. The van der Waals surface area contributed by atoms with E-state index in [1.807, 2.05) is 24.3 Å². The number of aromatic nitrogens is 1. The molecule has 18 heavy (non-hydrogen) atoms. The average molecular weight is 259 g/mol. The van der Waals surface area contributed by atoms with E-state index >= 15 is 0 Å². The average Bonchev–Trinajstić information content (AvgIpc) is 2.82. The highest BCUT2D eigenvalue weighted by atomic mass is 32.1. The van der Waals surface area contributed by atoms with Crippen LogP contribution in [0.3, 0.4) is 0 Å². The van der Waals surface area contributed by atoms with E-state index < -0.39 is 0 Å². The van der Waals surface area contributed by atoms with Crippen LogP contribution < -0.4 is 0 Å². The molecule has 0 aliphatic rings. The Morgan fingerprint density at radius 3 is 2.89 bits per heavy atom. The molecule has 0 saturated heterocycles. The summed E-state index contributed by atoms with van der Waals surface area (Å²) in [4.78, 5) is 4.47. The second kappa shape index (κ2) is 6.02. The van der Waals surface area contributed by atoms with Gasteiger partial charge in [0.15, 0.2) is 0 Å². The Hall–Kier alpha value is -2.07. The van der Waals surface area contributed by atoms with Gasteiger partial charge in [0.2, 0.25) is 0 Å². The zero-order chi connectivity index (χ0) is 12.8. The largest absolute Gasteiger partial charge is 0.515 e. The maximum atomic E-state index is 9.26. The van der Waals surface area contributed by atoms with E-state index in [-0.39, 0.29) is 0 Å². The van der Waals surface area contributed by atoms with E-state index in [9.17, 15) is 5.11 Å². The maximum Gasteiger partial charge on any atom is 0.127 e. The third-order valence-electron chi connectivity index (χ3n) is 2.28. The van der Waals surface area contributed by atoms with Crippen molar-refractivity contribution < 1.29 is 9.84 Å². The maximum absolute atomic E-state index is 9.26. The van der Waals surface area contributed by atoms with E-state index in [0.717, 1.165) is 21.5 Å². The number of benzene rings is 1. The highest BCUT2D eigenvalue weighted by Crippen LogP contribution is 2.27. The van der Waals surface area contributed by atoms with E-state index in [2.05, 4.69) is 4.98 Å². The van der Waals surface area contributed by atoms with Crippen molar-refractivity contribution in [2.45, 2.75) is 0 Å². The van der Waals surface area contributed by atoms with E-state index in [1.54, 1.807) is 42.9 Å². The number of para-hydroxylation sites is 1. The number of aliphatic hydroxyl groups is 1. The topological polar surface area (TPSA) is 42.4 Å². The fourth-order valence-corrected chi connectivity index (χ4v) is 2.40. The van der Waals surface area contributed by atoms with Crippen LogP contribution in [0.2, 0.25) is 0 Å². The standard InChI is InChI=1S/C14H13NO2S/c1-17-9-5-4-6-11(10-16)14-15-12-7-2-3-8-13(12)18-14/h2-10,16H,1H3/b6-4-,9-5+,11-10-. The van der Waals surface area contributed by atoms with E-state index in [1.165, 1.54) is 0 Å². The summed E-state index contributed by atoms with van der Waals surface area (Å²) in [6.07, 6.45) is 7.94. The third kappa shape index (κ3) is 2.78. The van der Waals surface area contributed by atoms with Gasteiger partial charge in [-0.3, -0.25) is 0 Å². The van der Waals surface area contributed by atoms with Crippen LogP contribution in [0, 0.1) is 0 Å². The molecule has 0 aliphatic heterocycles. The number of hydrogen-bond acceptors (Lipinski definition) is 4. The summed E-state index contributed by atoms with van der Waals surface area (Å²) in [5, 5.41) is 10.1. The smallest absolute Gasteiger partial charge is 0.127 e. The van der Waals surface area contributed by atoms with Gasteiger partial charge in [-0.25, -0.2) is 4.98 Å². The third-order valence-corrected chi connectivity index (χ3v) is 3.37. The highest BCUT2D eigenvalue weighted by molar-refractivity contribution is 7.19.